The maximum atomic E-state index is 5.91. The first-order valence-corrected chi connectivity index (χ1v) is 7.98. The Morgan fingerprint density at radius 3 is 3.10 bits per heavy atom. The number of rotatable bonds is 4. The number of hydrogen-bond acceptors (Lipinski definition) is 2. The van der Waals surface area contributed by atoms with Crippen LogP contribution in [-0.4, -0.2) is 11.6 Å². The fraction of sp³-hybridized carbons (Fsp3) is 0.294. The van der Waals surface area contributed by atoms with Crippen molar-refractivity contribution >= 4 is 22.7 Å². The van der Waals surface area contributed by atoms with Gasteiger partial charge in [-0.25, -0.2) is 0 Å². The quantitative estimate of drug-likeness (QED) is 0.852. The van der Waals surface area contributed by atoms with E-state index in [1.54, 1.807) is 11.8 Å². The van der Waals surface area contributed by atoms with Crippen LogP contribution in [0.4, 0.5) is 0 Å². The van der Waals surface area contributed by atoms with Crippen molar-refractivity contribution in [2.45, 2.75) is 26.2 Å². The molecule has 0 unspecified atom stereocenters. The van der Waals surface area contributed by atoms with Gasteiger partial charge in [-0.05, 0) is 48.3 Å². The maximum Gasteiger partial charge on any atom is 0.121 e. The largest absolute Gasteiger partial charge is 0.488 e. The van der Waals surface area contributed by atoms with Gasteiger partial charge in [0.1, 0.15) is 12.4 Å². The highest BCUT2D eigenvalue weighted by atomic mass is 32.2. The zero-order valence-corrected chi connectivity index (χ0v) is 12.5. The minimum Gasteiger partial charge on any atom is -0.488 e. The minimum absolute atomic E-state index is 0.655. The number of aryl methyl sites for hydroxylation is 1. The molecule has 1 aliphatic heterocycles. The van der Waals surface area contributed by atoms with Crippen LogP contribution >= 0.6 is 11.8 Å². The number of benzene rings is 1. The fourth-order valence-corrected chi connectivity index (χ4v) is 3.03. The summed E-state index contributed by atoms with van der Waals surface area (Å²) in [4.78, 5) is 4.71. The van der Waals surface area contributed by atoms with E-state index < -0.39 is 0 Å². The van der Waals surface area contributed by atoms with E-state index in [2.05, 4.69) is 47.7 Å². The van der Waals surface area contributed by atoms with Crippen molar-refractivity contribution in [3.8, 4) is 5.75 Å². The molecular weight excluding hydrogens is 266 g/mol. The third kappa shape index (κ3) is 3.10. The molecule has 0 spiro atoms. The van der Waals surface area contributed by atoms with E-state index in [0.29, 0.717) is 6.61 Å². The lowest BCUT2D eigenvalue weighted by Crippen LogP contribution is -1.98. The molecule has 2 heterocycles. The van der Waals surface area contributed by atoms with Crippen LogP contribution in [0.1, 0.15) is 25.5 Å². The van der Waals surface area contributed by atoms with Gasteiger partial charge in [-0.2, -0.15) is 0 Å². The number of ether oxygens (including phenoxy) is 1. The third-order valence-corrected chi connectivity index (χ3v) is 4.35. The average Bonchev–Trinajstić information content (AvgIpc) is 2.71. The molecule has 20 heavy (non-hydrogen) atoms. The van der Waals surface area contributed by atoms with Crippen LogP contribution in [-0.2, 0) is 6.42 Å². The van der Waals surface area contributed by atoms with E-state index in [-0.39, 0.29) is 0 Å². The van der Waals surface area contributed by atoms with Gasteiger partial charge in [0.05, 0.1) is 0 Å². The predicted molar refractivity (Wildman–Crippen MR) is 87.2 cm³/mol. The van der Waals surface area contributed by atoms with E-state index >= 15 is 0 Å². The van der Waals surface area contributed by atoms with Crippen LogP contribution in [0, 0.1) is 0 Å². The average molecular weight is 285 g/mol. The smallest absolute Gasteiger partial charge is 0.121 e. The Kier molecular flexibility index (Phi) is 4.16. The zero-order valence-electron chi connectivity index (χ0n) is 11.7. The van der Waals surface area contributed by atoms with Crippen LogP contribution in [0.3, 0.4) is 0 Å². The Bertz CT molecular complexity index is 654. The highest BCUT2D eigenvalue weighted by Crippen LogP contribution is 2.25. The molecule has 1 aromatic carbocycles. The van der Waals surface area contributed by atoms with Crippen LogP contribution in [0.5, 0.6) is 5.75 Å². The normalized spacial score (nSPS) is 15.2. The fourth-order valence-electron chi connectivity index (χ4n) is 2.29. The van der Waals surface area contributed by atoms with E-state index in [0.717, 1.165) is 30.5 Å². The van der Waals surface area contributed by atoms with Crippen LogP contribution in [0.15, 0.2) is 46.7 Å². The first kappa shape index (κ1) is 13.4. The molecule has 2 aromatic rings. The summed E-state index contributed by atoms with van der Waals surface area (Å²) in [7, 11) is 0. The first-order valence-electron chi connectivity index (χ1n) is 7.10. The van der Waals surface area contributed by atoms with Crippen molar-refractivity contribution < 1.29 is 4.74 Å². The molecule has 0 saturated heterocycles. The van der Waals surface area contributed by atoms with Crippen molar-refractivity contribution in [3.63, 3.8) is 0 Å². The summed E-state index contributed by atoms with van der Waals surface area (Å²) in [5, 5.41) is 3.41. The van der Waals surface area contributed by atoms with Gasteiger partial charge in [0.2, 0.25) is 0 Å². The van der Waals surface area contributed by atoms with E-state index in [4.69, 9.17) is 4.74 Å². The van der Waals surface area contributed by atoms with Gasteiger partial charge >= 0.3 is 0 Å². The lowest BCUT2D eigenvalue weighted by Gasteiger charge is -2.07. The van der Waals surface area contributed by atoms with Gasteiger partial charge in [-0.1, -0.05) is 30.8 Å². The SMILES string of the molecule is CCc1cc2ccc(OCC3=CCCC=CS3)cc2[nH]1. The number of fused-ring (bicyclic) bond motifs is 1. The number of thioether (sulfide) groups is 1. The molecular formula is C17H19NOS. The summed E-state index contributed by atoms with van der Waals surface area (Å²) in [5.41, 5.74) is 2.42. The number of H-pyrrole nitrogens is 1. The Hall–Kier alpha value is -1.61. The van der Waals surface area contributed by atoms with Crippen molar-refractivity contribution in [2.24, 2.45) is 0 Å². The summed E-state index contributed by atoms with van der Waals surface area (Å²) >= 11 is 1.76. The highest BCUT2D eigenvalue weighted by molar-refractivity contribution is 8.05. The second-order valence-corrected chi connectivity index (χ2v) is 5.96. The Morgan fingerprint density at radius 2 is 2.20 bits per heavy atom. The summed E-state index contributed by atoms with van der Waals surface area (Å²) in [6.07, 6.45) is 7.75. The minimum atomic E-state index is 0.655. The van der Waals surface area contributed by atoms with Crippen LogP contribution < -0.4 is 4.74 Å². The summed E-state index contributed by atoms with van der Waals surface area (Å²) in [6.45, 7) is 2.81. The highest BCUT2D eigenvalue weighted by Gasteiger charge is 2.04. The summed E-state index contributed by atoms with van der Waals surface area (Å²) < 4.78 is 5.91. The molecule has 104 valence electrons. The van der Waals surface area contributed by atoms with Gasteiger partial charge in [-0.3, -0.25) is 0 Å². The van der Waals surface area contributed by atoms with Crippen LogP contribution in [0.2, 0.25) is 0 Å². The second-order valence-electron chi connectivity index (χ2n) is 4.92. The van der Waals surface area contributed by atoms with Gasteiger partial charge in [0.15, 0.2) is 0 Å². The summed E-state index contributed by atoms with van der Waals surface area (Å²) in [5.74, 6) is 0.928. The predicted octanol–water partition coefficient (Wildman–Crippen LogP) is 5.03. The maximum absolute atomic E-state index is 5.91. The van der Waals surface area contributed by atoms with Crippen molar-refractivity contribution in [1.82, 2.24) is 4.98 Å². The number of allylic oxidation sites excluding steroid dienone is 2. The standard InChI is InChI=1S/C17H19NOS/c1-2-14-10-13-7-8-15(11-17(13)18-14)19-12-16-6-4-3-5-9-20-16/h5-11,18H,2-4,12H2,1H3. The molecule has 0 aliphatic carbocycles. The lowest BCUT2D eigenvalue weighted by atomic mass is 10.2. The van der Waals surface area contributed by atoms with Crippen molar-refractivity contribution in [1.29, 1.82) is 0 Å². The number of hydrogen-bond donors (Lipinski definition) is 1. The molecule has 0 fully saturated rings. The molecule has 3 rings (SSSR count). The molecule has 1 aromatic heterocycles. The van der Waals surface area contributed by atoms with E-state index in [9.17, 15) is 0 Å². The number of aromatic amines is 1. The Labute approximate surface area is 123 Å². The van der Waals surface area contributed by atoms with E-state index in [1.807, 2.05) is 6.07 Å². The van der Waals surface area contributed by atoms with Gasteiger partial charge in [-0.15, -0.1) is 0 Å². The first-order chi connectivity index (χ1) is 9.85. The van der Waals surface area contributed by atoms with Crippen LogP contribution in [0.25, 0.3) is 10.9 Å². The molecule has 1 N–H and O–H groups in total. The molecule has 0 radical (unpaired) electrons. The molecule has 3 heteroatoms. The topological polar surface area (TPSA) is 25.0 Å². The molecule has 0 atom stereocenters. The summed E-state index contributed by atoms with van der Waals surface area (Å²) in [6, 6.07) is 8.46. The molecule has 2 nitrogen and oxygen atoms in total. The van der Waals surface area contributed by atoms with Gasteiger partial charge in [0, 0.05) is 22.2 Å². The second kappa shape index (κ2) is 6.23. The van der Waals surface area contributed by atoms with E-state index in [1.165, 1.54) is 16.0 Å². The molecule has 1 aliphatic rings. The van der Waals surface area contributed by atoms with Gasteiger partial charge in [0.25, 0.3) is 0 Å². The number of nitrogens with one attached hydrogen (secondary N) is 1. The van der Waals surface area contributed by atoms with Crippen molar-refractivity contribution in [3.05, 3.63) is 52.4 Å². The lowest BCUT2D eigenvalue weighted by molar-refractivity contribution is 0.360. The zero-order chi connectivity index (χ0) is 13.8. The third-order valence-electron chi connectivity index (χ3n) is 3.43. The molecule has 0 amide bonds. The monoisotopic (exact) mass is 285 g/mol. The number of aromatic nitrogens is 1. The Morgan fingerprint density at radius 1 is 1.25 bits per heavy atom. The molecule has 0 bridgehead atoms. The van der Waals surface area contributed by atoms with Gasteiger partial charge < -0.3 is 9.72 Å². The Balaban J connectivity index is 1.70. The molecule has 0 saturated carbocycles. The van der Waals surface area contributed by atoms with Crippen molar-refractivity contribution in [2.75, 3.05) is 6.61 Å².